The molecule has 0 aromatic heterocycles. The zero-order valence-electron chi connectivity index (χ0n) is 20.0. The number of nitrogens with two attached hydrogens (primary N) is 1. The maximum Gasteiger partial charge on any atom is 0.321 e. The Morgan fingerprint density at radius 2 is 1.52 bits per heavy atom. The van der Waals surface area contributed by atoms with Crippen LogP contribution in [0.5, 0.6) is 11.5 Å². The number of hydrogen-bond acceptors (Lipinski definition) is 8. The molecule has 0 aliphatic rings. The van der Waals surface area contributed by atoms with Crippen molar-refractivity contribution >= 4 is 23.9 Å². The molecule has 9 nitrogen and oxygen atoms in total. The molecule has 33 heavy (non-hydrogen) atoms. The fourth-order valence-corrected chi connectivity index (χ4v) is 3.26. The molecule has 1 aromatic carbocycles. The van der Waals surface area contributed by atoms with Crippen molar-refractivity contribution in [2.45, 2.75) is 84.8 Å². The Hall–Kier alpha value is -2.94. The van der Waals surface area contributed by atoms with Crippen LogP contribution in [0.1, 0.15) is 78.2 Å². The quantitative estimate of drug-likeness (QED) is 0.330. The molecular formula is C24H35NO8. The number of carbonyl (C=O) groups excluding carboxylic acids is 3. The molecule has 1 aromatic rings. The standard InChI is InChI=1S/C24H35NO8/c1-6-9-10-21(28)31-15(5)14(4)22(23(25)24(29)30)16-11-12-17(32-19(26)7-2)18(13-16)33-20(27)8-3/h11-15,22-23H,6-10,25H2,1-5H3,(H,29,30)/t14?,15?,22?,23-/m0/s1. The highest BCUT2D eigenvalue weighted by molar-refractivity contribution is 5.77. The molecule has 9 heteroatoms. The van der Waals surface area contributed by atoms with Crippen molar-refractivity contribution in [3.05, 3.63) is 23.8 Å². The normalized spacial score (nSPS) is 14.5. The van der Waals surface area contributed by atoms with Gasteiger partial charge in [0.1, 0.15) is 12.1 Å². The fraction of sp³-hybridized carbons (Fsp3) is 0.583. The Morgan fingerprint density at radius 3 is 2.03 bits per heavy atom. The van der Waals surface area contributed by atoms with Crippen molar-refractivity contribution in [3.8, 4) is 11.5 Å². The minimum atomic E-state index is -1.32. The summed E-state index contributed by atoms with van der Waals surface area (Å²) in [5, 5.41) is 9.61. The molecule has 0 aliphatic heterocycles. The molecule has 0 aliphatic carbocycles. The molecular weight excluding hydrogens is 430 g/mol. The molecule has 0 amide bonds. The van der Waals surface area contributed by atoms with Gasteiger partial charge in [0.05, 0.1) is 0 Å². The van der Waals surface area contributed by atoms with Crippen LogP contribution in [0.15, 0.2) is 18.2 Å². The predicted octanol–water partition coefficient (Wildman–Crippen LogP) is 3.57. The molecule has 0 radical (unpaired) electrons. The van der Waals surface area contributed by atoms with Crippen LogP contribution in [-0.2, 0) is 23.9 Å². The van der Waals surface area contributed by atoms with Gasteiger partial charge in [-0.15, -0.1) is 0 Å². The minimum absolute atomic E-state index is 0.0106. The number of carboxylic acid groups (broad SMARTS) is 1. The third kappa shape index (κ3) is 8.49. The van der Waals surface area contributed by atoms with Crippen LogP contribution in [0.4, 0.5) is 0 Å². The van der Waals surface area contributed by atoms with Crippen molar-refractivity contribution < 1.29 is 38.5 Å². The number of ether oxygens (including phenoxy) is 3. The van der Waals surface area contributed by atoms with Crippen molar-refractivity contribution in [3.63, 3.8) is 0 Å². The third-order valence-electron chi connectivity index (χ3n) is 5.41. The van der Waals surface area contributed by atoms with Gasteiger partial charge in [0.2, 0.25) is 0 Å². The maximum atomic E-state index is 12.1. The number of esters is 3. The van der Waals surface area contributed by atoms with Gasteiger partial charge in [-0.25, -0.2) is 0 Å². The number of carbonyl (C=O) groups is 4. The Bertz CT molecular complexity index is 838. The highest BCUT2D eigenvalue weighted by Gasteiger charge is 2.35. The lowest BCUT2D eigenvalue weighted by atomic mass is 9.79. The first-order valence-corrected chi connectivity index (χ1v) is 11.3. The van der Waals surface area contributed by atoms with Crippen molar-refractivity contribution in [1.82, 2.24) is 0 Å². The molecule has 4 atom stereocenters. The van der Waals surface area contributed by atoms with E-state index in [2.05, 4.69) is 0 Å². The van der Waals surface area contributed by atoms with E-state index >= 15 is 0 Å². The number of aliphatic carboxylic acids is 1. The first-order valence-electron chi connectivity index (χ1n) is 11.3. The smallest absolute Gasteiger partial charge is 0.321 e. The Kier molecular flexibility index (Phi) is 11.6. The minimum Gasteiger partial charge on any atom is -0.480 e. The Morgan fingerprint density at radius 1 is 0.939 bits per heavy atom. The zero-order chi connectivity index (χ0) is 25.1. The van der Waals surface area contributed by atoms with E-state index in [1.165, 1.54) is 12.1 Å². The summed E-state index contributed by atoms with van der Waals surface area (Å²) in [6.45, 7) is 8.63. The summed E-state index contributed by atoms with van der Waals surface area (Å²) < 4.78 is 16.1. The lowest BCUT2D eigenvalue weighted by Crippen LogP contribution is -2.42. The lowest BCUT2D eigenvalue weighted by molar-refractivity contribution is -0.151. The van der Waals surface area contributed by atoms with Crippen LogP contribution >= 0.6 is 0 Å². The lowest BCUT2D eigenvalue weighted by Gasteiger charge is -2.32. The number of hydrogen-bond donors (Lipinski definition) is 2. The molecule has 184 valence electrons. The van der Waals surface area contributed by atoms with Gasteiger partial charge in [-0.05, 0) is 31.0 Å². The summed E-state index contributed by atoms with van der Waals surface area (Å²) in [6, 6.07) is 3.13. The number of unbranched alkanes of at least 4 members (excludes halogenated alkanes) is 1. The summed E-state index contributed by atoms with van der Waals surface area (Å²) in [5.74, 6) is -3.90. The first kappa shape index (κ1) is 28.1. The van der Waals surface area contributed by atoms with Crippen molar-refractivity contribution in [2.24, 2.45) is 11.7 Å². The Labute approximate surface area is 194 Å². The summed E-state index contributed by atoms with van der Waals surface area (Å²) in [5.41, 5.74) is 6.48. The van der Waals surface area contributed by atoms with E-state index in [1.807, 2.05) is 6.92 Å². The molecule has 1 rings (SSSR count). The van der Waals surface area contributed by atoms with Crippen LogP contribution < -0.4 is 15.2 Å². The van der Waals surface area contributed by atoms with Crippen LogP contribution in [0.3, 0.4) is 0 Å². The first-order chi connectivity index (χ1) is 15.5. The van der Waals surface area contributed by atoms with Gasteiger partial charge in [-0.3, -0.25) is 19.2 Å². The average molecular weight is 466 g/mol. The second-order valence-electron chi connectivity index (χ2n) is 7.91. The summed E-state index contributed by atoms with van der Waals surface area (Å²) in [7, 11) is 0. The number of carboxylic acids is 1. The monoisotopic (exact) mass is 465 g/mol. The van der Waals surface area contributed by atoms with E-state index in [4.69, 9.17) is 19.9 Å². The van der Waals surface area contributed by atoms with Crippen LogP contribution in [0, 0.1) is 5.92 Å². The highest BCUT2D eigenvalue weighted by Crippen LogP contribution is 2.37. The third-order valence-corrected chi connectivity index (χ3v) is 5.41. The summed E-state index contributed by atoms with van der Waals surface area (Å²) in [6.07, 6.45) is 1.40. The highest BCUT2D eigenvalue weighted by atomic mass is 16.6. The van der Waals surface area contributed by atoms with Crippen LogP contribution in [0.25, 0.3) is 0 Å². The van der Waals surface area contributed by atoms with Gasteiger partial charge in [-0.1, -0.05) is 40.2 Å². The molecule has 0 saturated carbocycles. The van der Waals surface area contributed by atoms with E-state index in [-0.39, 0.29) is 36.7 Å². The van der Waals surface area contributed by atoms with Crippen LogP contribution in [0.2, 0.25) is 0 Å². The van der Waals surface area contributed by atoms with E-state index in [1.54, 1.807) is 33.8 Å². The molecule has 0 heterocycles. The van der Waals surface area contributed by atoms with E-state index < -0.39 is 41.9 Å². The largest absolute Gasteiger partial charge is 0.480 e. The average Bonchev–Trinajstić information content (AvgIpc) is 2.78. The zero-order valence-corrected chi connectivity index (χ0v) is 20.0. The summed E-state index contributed by atoms with van der Waals surface area (Å²) >= 11 is 0. The molecule has 0 saturated heterocycles. The van der Waals surface area contributed by atoms with Gasteiger partial charge >= 0.3 is 23.9 Å². The van der Waals surface area contributed by atoms with Gasteiger partial charge in [0.25, 0.3) is 0 Å². The summed E-state index contributed by atoms with van der Waals surface area (Å²) in [4.78, 5) is 47.6. The molecule has 3 unspecified atom stereocenters. The number of benzene rings is 1. The Balaban J connectivity index is 3.35. The van der Waals surface area contributed by atoms with Gasteiger partial charge in [0.15, 0.2) is 11.5 Å². The number of rotatable bonds is 13. The topological polar surface area (TPSA) is 142 Å². The molecule has 0 bridgehead atoms. The van der Waals surface area contributed by atoms with E-state index in [0.717, 1.165) is 6.42 Å². The van der Waals surface area contributed by atoms with Crippen molar-refractivity contribution in [2.75, 3.05) is 0 Å². The van der Waals surface area contributed by atoms with E-state index in [0.29, 0.717) is 12.0 Å². The van der Waals surface area contributed by atoms with Gasteiger partial charge in [-0.2, -0.15) is 0 Å². The van der Waals surface area contributed by atoms with Gasteiger partial charge < -0.3 is 25.1 Å². The van der Waals surface area contributed by atoms with Gasteiger partial charge in [0, 0.05) is 31.1 Å². The molecule has 0 spiro atoms. The molecule has 3 N–H and O–H groups in total. The fourth-order valence-electron chi connectivity index (χ4n) is 3.26. The second-order valence-corrected chi connectivity index (χ2v) is 7.91. The SMILES string of the molecule is CCCCC(=O)OC(C)C(C)C(c1ccc(OC(=O)CC)c(OC(=O)CC)c1)[C@H](N)C(=O)O. The predicted molar refractivity (Wildman–Crippen MR) is 121 cm³/mol. The second kappa shape index (κ2) is 13.6. The van der Waals surface area contributed by atoms with Crippen molar-refractivity contribution in [1.29, 1.82) is 0 Å². The maximum absolute atomic E-state index is 12.1. The molecule has 0 fully saturated rings. The van der Waals surface area contributed by atoms with E-state index in [9.17, 15) is 24.3 Å². The van der Waals surface area contributed by atoms with Crippen LogP contribution in [-0.4, -0.2) is 41.1 Å².